The Balaban J connectivity index is 1.41. The van der Waals surface area contributed by atoms with Gasteiger partial charge in [-0.2, -0.15) is 0 Å². The molecule has 0 aromatic heterocycles. The minimum absolute atomic E-state index is 0.165. The fourth-order valence-corrected chi connectivity index (χ4v) is 3.49. The second-order valence-corrected chi connectivity index (χ2v) is 7.18. The lowest BCUT2D eigenvalue weighted by atomic mass is 9.97. The number of anilines is 1. The summed E-state index contributed by atoms with van der Waals surface area (Å²) in [6.07, 6.45) is 3.16. The van der Waals surface area contributed by atoms with Crippen molar-refractivity contribution in [2.24, 2.45) is 5.92 Å². The first-order valence-corrected chi connectivity index (χ1v) is 9.72. The van der Waals surface area contributed by atoms with Gasteiger partial charge in [-0.25, -0.2) is 9.18 Å². The highest BCUT2D eigenvalue weighted by Gasteiger charge is 2.23. The summed E-state index contributed by atoms with van der Waals surface area (Å²) in [5, 5.41) is 5.45. The summed E-state index contributed by atoms with van der Waals surface area (Å²) >= 11 is 0. The molecule has 3 amide bonds. The van der Waals surface area contributed by atoms with Crippen LogP contribution >= 0.6 is 0 Å². The molecule has 2 N–H and O–H groups in total. The molecule has 0 radical (unpaired) electrons. The molecule has 1 heterocycles. The van der Waals surface area contributed by atoms with E-state index in [4.69, 9.17) is 0 Å². The van der Waals surface area contributed by atoms with Crippen molar-refractivity contribution in [3.05, 3.63) is 66.0 Å². The van der Waals surface area contributed by atoms with Crippen LogP contribution in [0, 0.1) is 11.7 Å². The van der Waals surface area contributed by atoms with E-state index in [-0.39, 0.29) is 17.9 Å². The van der Waals surface area contributed by atoms with Gasteiger partial charge in [0.2, 0.25) is 5.91 Å². The van der Waals surface area contributed by atoms with Gasteiger partial charge < -0.3 is 15.5 Å². The molecule has 1 unspecified atom stereocenters. The van der Waals surface area contributed by atoms with Crippen molar-refractivity contribution in [1.82, 2.24) is 10.2 Å². The first kappa shape index (κ1) is 19.9. The maximum atomic E-state index is 13.2. The molecular formula is C22H26FN3O2. The number of carbonyl (C=O) groups excluding carboxylic acids is 2. The fraction of sp³-hybridized carbons (Fsp3) is 0.364. The van der Waals surface area contributed by atoms with Gasteiger partial charge in [0.05, 0.1) is 0 Å². The molecule has 2 aromatic carbocycles. The number of halogens is 1. The molecule has 0 bridgehead atoms. The van der Waals surface area contributed by atoms with Gasteiger partial charge in [-0.3, -0.25) is 4.79 Å². The van der Waals surface area contributed by atoms with Crippen LogP contribution < -0.4 is 10.6 Å². The van der Waals surface area contributed by atoms with Crippen molar-refractivity contribution < 1.29 is 14.0 Å². The number of benzene rings is 2. The number of carbonyl (C=O) groups is 2. The van der Waals surface area contributed by atoms with Gasteiger partial charge >= 0.3 is 6.03 Å². The van der Waals surface area contributed by atoms with Crippen LogP contribution in [-0.4, -0.2) is 36.5 Å². The second-order valence-electron chi connectivity index (χ2n) is 7.18. The van der Waals surface area contributed by atoms with Gasteiger partial charge in [0.1, 0.15) is 5.82 Å². The minimum Gasteiger partial charge on any atom is -0.342 e. The van der Waals surface area contributed by atoms with Crippen LogP contribution in [0.15, 0.2) is 54.6 Å². The molecule has 1 aliphatic heterocycles. The average molecular weight is 383 g/mol. The van der Waals surface area contributed by atoms with Crippen LogP contribution in [0.25, 0.3) is 0 Å². The van der Waals surface area contributed by atoms with Gasteiger partial charge in [0.25, 0.3) is 0 Å². The average Bonchev–Trinajstić information content (AvgIpc) is 2.71. The maximum absolute atomic E-state index is 13.2. The van der Waals surface area contributed by atoms with E-state index in [1.54, 1.807) is 12.1 Å². The number of aryl methyl sites for hydroxylation is 1. The summed E-state index contributed by atoms with van der Waals surface area (Å²) in [6, 6.07) is 15.4. The summed E-state index contributed by atoms with van der Waals surface area (Å²) in [6.45, 7) is 1.93. The molecule has 1 fully saturated rings. The Morgan fingerprint density at radius 3 is 2.71 bits per heavy atom. The number of amides is 3. The predicted molar refractivity (Wildman–Crippen MR) is 107 cm³/mol. The largest absolute Gasteiger partial charge is 0.342 e. The van der Waals surface area contributed by atoms with Crippen molar-refractivity contribution >= 4 is 17.6 Å². The topological polar surface area (TPSA) is 61.4 Å². The lowest BCUT2D eigenvalue weighted by molar-refractivity contribution is -0.132. The Bertz CT molecular complexity index is 797. The number of hydrogen-bond donors (Lipinski definition) is 2. The number of rotatable bonds is 6. The summed E-state index contributed by atoms with van der Waals surface area (Å²) in [5.41, 5.74) is 1.58. The molecule has 3 rings (SSSR count). The molecule has 1 atom stereocenters. The second kappa shape index (κ2) is 9.88. The van der Waals surface area contributed by atoms with E-state index in [9.17, 15) is 14.0 Å². The Kier molecular flexibility index (Phi) is 7.00. The summed E-state index contributed by atoms with van der Waals surface area (Å²) in [4.78, 5) is 26.4. The predicted octanol–water partition coefficient (Wildman–Crippen LogP) is 3.82. The molecule has 5 nitrogen and oxygen atoms in total. The number of likely N-dealkylation sites (tertiary alicyclic amines) is 1. The van der Waals surface area contributed by atoms with Crippen LogP contribution in [0.5, 0.6) is 0 Å². The summed E-state index contributed by atoms with van der Waals surface area (Å²) in [5.74, 6) is 0.000174. The lowest BCUT2D eigenvalue weighted by Gasteiger charge is -2.33. The van der Waals surface area contributed by atoms with Crippen molar-refractivity contribution in [2.75, 3.05) is 25.0 Å². The van der Waals surface area contributed by atoms with Gasteiger partial charge in [0, 0.05) is 31.7 Å². The molecule has 0 spiro atoms. The Morgan fingerprint density at radius 1 is 1.11 bits per heavy atom. The highest BCUT2D eigenvalue weighted by atomic mass is 19.1. The van der Waals surface area contributed by atoms with Crippen LogP contribution in [-0.2, 0) is 11.2 Å². The Labute approximate surface area is 164 Å². The molecule has 2 aromatic rings. The molecule has 0 aliphatic carbocycles. The van der Waals surface area contributed by atoms with Crippen LogP contribution in [0.4, 0.5) is 14.9 Å². The van der Waals surface area contributed by atoms with E-state index in [0.717, 1.165) is 25.8 Å². The Hall–Kier alpha value is -2.89. The normalized spacial score (nSPS) is 16.5. The Morgan fingerprint density at radius 2 is 1.93 bits per heavy atom. The van der Waals surface area contributed by atoms with E-state index < -0.39 is 5.82 Å². The lowest BCUT2D eigenvalue weighted by Crippen LogP contribution is -2.44. The van der Waals surface area contributed by atoms with Gasteiger partial charge in [-0.05, 0) is 48.9 Å². The zero-order chi connectivity index (χ0) is 19.8. The molecule has 148 valence electrons. The SMILES string of the molecule is O=C(NCC1CCCN(C(=O)CCc2ccccc2)C1)Nc1cccc(F)c1. The number of hydrogen-bond acceptors (Lipinski definition) is 2. The highest BCUT2D eigenvalue weighted by molar-refractivity contribution is 5.89. The van der Waals surface area contributed by atoms with E-state index in [0.29, 0.717) is 25.2 Å². The zero-order valence-electron chi connectivity index (χ0n) is 15.9. The quantitative estimate of drug-likeness (QED) is 0.797. The monoisotopic (exact) mass is 383 g/mol. The van der Waals surface area contributed by atoms with E-state index >= 15 is 0 Å². The maximum Gasteiger partial charge on any atom is 0.319 e. The molecule has 0 saturated carbocycles. The summed E-state index contributed by atoms with van der Waals surface area (Å²) < 4.78 is 13.2. The van der Waals surface area contributed by atoms with Crippen molar-refractivity contribution in [1.29, 1.82) is 0 Å². The highest BCUT2D eigenvalue weighted by Crippen LogP contribution is 2.17. The van der Waals surface area contributed by atoms with Crippen LogP contribution in [0.1, 0.15) is 24.8 Å². The van der Waals surface area contributed by atoms with Crippen molar-refractivity contribution in [3.8, 4) is 0 Å². The third-order valence-electron chi connectivity index (χ3n) is 4.98. The molecule has 6 heteroatoms. The molecular weight excluding hydrogens is 357 g/mol. The van der Waals surface area contributed by atoms with E-state index in [1.807, 2.05) is 35.2 Å². The van der Waals surface area contributed by atoms with Gasteiger partial charge in [-0.15, -0.1) is 0 Å². The third-order valence-corrected chi connectivity index (χ3v) is 4.98. The van der Waals surface area contributed by atoms with E-state index in [1.165, 1.54) is 17.7 Å². The number of nitrogens with zero attached hydrogens (tertiary/aromatic N) is 1. The number of piperidine rings is 1. The number of nitrogens with one attached hydrogen (secondary N) is 2. The standard InChI is InChI=1S/C22H26FN3O2/c23-19-9-4-10-20(14-19)25-22(28)24-15-18-8-5-13-26(16-18)21(27)12-11-17-6-2-1-3-7-17/h1-4,6-7,9-10,14,18H,5,8,11-13,15-16H2,(H2,24,25,28). The number of urea groups is 1. The first-order chi connectivity index (χ1) is 13.6. The molecule has 1 aliphatic rings. The van der Waals surface area contributed by atoms with Crippen LogP contribution in [0.3, 0.4) is 0 Å². The van der Waals surface area contributed by atoms with Crippen molar-refractivity contribution in [3.63, 3.8) is 0 Å². The molecule has 28 heavy (non-hydrogen) atoms. The smallest absolute Gasteiger partial charge is 0.319 e. The first-order valence-electron chi connectivity index (χ1n) is 9.72. The fourth-order valence-electron chi connectivity index (χ4n) is 3.49. The van der Waals surface area contributed by atoms with E-state index in [2.05, 4.69) is 10.6 Å². The van der Waals surface area contributed by atoms with Gasteiger partial charge in [-0.1, -0.05) is 36.4 Å². The zero-order valence-corrected chi connectivity index (χ0v) is 15.9. The van der Waals surface area contributed by atoms with Gasteiger partial charge in [0.15, 0.2) is 0 Å². The van der Waals surface area contributed by atoms with Crippen molar-refractivity contribution in [2.45, 2.75) is 25.7 Å². The van der Waals surface area contributed by atoms with Crippen LogP contribution in [0.2, 0.25) is 0 Å². The molecule has 1 saturated heterocycles. The minimum atomic E-state index is -0.394. The summed E-state index contributed by atoms with van der Waals surface area (Å²) in [7, 11) is 0. The third kappa shape index (κ3) is 6.08.